The van der Waals surface area contributed by atoms with Crippen LogP contribution < -0.4 is 0 Å². The van der Waals surface area contributed by atoms with Gasteiger partial charge < -0.3 is 4.74 Å². The van der Waals surface area contributed by atoms with Crippen molar-refractivity contribution in [3.8, 4) is 0 Å². The summed E-state index contributed by atoms with van der Waals surface area (Å²) in [5.41, 5.74) is 0.310. The number of hydrogen-bond acceptors (Lipinski definition) is 3. The molecule has 1 saturated carbocycles. The van der Waals surface area contributed by atoms with Gasteiger partial charge in [-0.2, -0.15) is 0 Å². The summed E-state index contributed by atoms with van der Waals surface area (Å²) in [6.45, 7) is 4.11. The molecule has 0 aromatic rings. The molecule has 0 saturated heterocycles. The number of carbonyl (C=O) groups excluding carboxylic acids is 2. The first-order valence-corrected chi connectivity index (χ1v) is 5.49. The van der Waals surface area contributed by atoms with E-state index in [1.54, 1.807) is 6.92 Å². The number of carbonyl (C=O) groups is 2. The minimum absolute atomic E-state index is 0.0387. The Morgan fingerprint density at radius 3 is 3.07 bits per heavy atom. The van der Waals surface area contributed by atoms with Gasteiger partial charge in [0.2, 0.25) is 0 Å². The van der Waals surface area contributed by atoms with Crippen molar-refractivity contribution >= 4 is 11.8 Å². The van der Waals surface area contributed by atoms with E-state index in [1.165, 1.54) is 0 Å². The molecule has 0 aromatic heterocycles. The van der Waals surface area contributed by atoms with E-state index < -0.39 is 5.41 Å². The SMILES string of the molecule is CCOC(=O)[C@]12CC[C@H](C=C(C)C1)C2=O. The molecule has 0 spiro atoms. The van der Waals surface area contributed by atoms with Crippen LogP contribution in [-0.4, -0.2) is 18.4 Å². The monoisotopic (exact) mass is 208 g/mol. The third-order valence-corrected chi connectivity index (χ3v) is 3.42. The summed E-state index contributed by atoms with van der Waals surface area (Å²) in [7, 11) is 0. The molecule has 0 N–H and O–H groups in total. The minimum atomic E-state index is -0.834. The smallest absolute Gasteiger partial charge is 0.319 e. The van der Waals surface area contributed by atoms with E-state index in [0.717, 1.165) is 12.0 Å². The minimum Gasteiger partial charge on any atom is -0.465 e. The van der Waals surface area contributed by atoms with E-state index >= 15 is 0 Å². The summed E-state index contributed by atoms with van der Waals surface area (Å²) in [6, 6.07) is 0. The number of ether oxygens (including phenoxy) is 1. The van der Waals surface area contributed by atoms with Crippen LogP contribution in [0.2, 0.25) is 0 Å². The predicted molar refractivity (Wildman–Crippen MR) is 55.2 cm³/mol. The Morgan fingerprint density at radius 2 is 2.40 bits per heavy atom. The van der Waals surface area contributed by atoms with E-state index in [0.29, 0.717) is 19.4 Å². The molecule has 1 fully saturated rings. The quantitative estimate of drug-likeness (QED) is 0.395. The van der Waals surface area contributed by atoms with Crippen molar-refractivity contribution in [3.05, 3.63) is 11.6 Å². The van der Waals surface area contributed by atoms with Gasteiger partial charge in [0.05, 0.1) is 6.61 Å². The van der Waals surface area contributed by atoms with Crippen LogP contribution >= 0.6 is 0 Å². The lowest BCUT2D eigenvalue weighted by molar-refractivity contribution is -0.159. The fourth-order valence-corrected chi connectivity index (χ4v) is 2.77. The van der Waals surface area contributed by atoms with Crippen molar-refractivity contribution in [2.45, 2.75) is 33.1 Å². The Hall–Kier alpha value is -1.12. The molecule has 0 amide bonds. The molecule has 0 unspecified atom stereocenters. The molecule has 3 nitrogen and oxygen atoms in total. The second kappa shape index (κ2) is 3.47. The van der Waals surface area contributed by atoms with Gasteiger partial charge in [-0.25, -0.2) is 0 Å². The van der Waals surface area contributed by atoms with Crippen molar-refractivity contribution in [2.75, 3.05) is 6.61 Å². The number of allylic oxidation sites excluding steroid dienone is 2. The molecule has 0 radical (unpaired) electrons. The Labute approximate surface area is 89.5 Å². The lowest BCUT2D eigenvalue weighted by Gasteiger charge is -2.28. The van der Waals surface area contributed by atoms with E-state index in [9.17, 15) is 9.59 Å². The van der Waals surface area contributed by atoms with Gasteiger partial charge in [-0.05, 0) is 33.1 Å². The lowest BCUT2D eigenvalue weighted by atomic mass is 9.75. The van der Waals surface area contributed by atoms with Crippen molar-refractivity contribution < 1.29 is 14.3 Å². The molecule has 0 aliphatic heterocycles. The number of Topliss-reactive ketones (excluding diaryl/α,β-unsaturated/α-hetero) is 1. The zero-order valence-electron chi connectivity index (χ0n) is 9.21. The van der Waals surface area contributed by atoms with E-state index in [4.69, 9.17) is 4.74 Å². The molecule has 2 atom stereocenters. The number of esters is 1. The molecule has 0 heterocycles. The van der Waals surface area contributed by atoms with Crippen LogP contribution in [0.1, 0.15) is 33.1 Å². The molecule has 2 aliphatic carbocycles. The van der Waals surface area contributed by atoms with Gasteiger partial charge >= 0.3 is 5.97 Å². The summed E-state index contributed by atoms with van der Waals surface area (Å²) in [5.74, 6) is -0.278. The van der Waals surface area contributed by atoms with Crippen molar-refractivity contribution in [2.24, 2.45) is 11.3 Å². The van der Waals surface area contributed by atoms with Gasteiger partial charge in [0.25, 0.3) is 0 Å². The Balaban J connectivity index is 2.31. The molecule has 2 bridgehead atoms. The second-order valence-corrected chi connectivity index (χ2v) is 4.50. The molecule has 82 valence electrons. The van der Waals surface area contributed by atoms with Gasteiger partial charge in [-0.1, -0.05) is 11.6 Å². The second-order valence-electron chi connectivity index (χ2n) is 4.50. The van der Waals surface area contributed by atoms with Crippen LogP contribution in [0.25, 0.3) is 0 Å². The standard InChI is InChI=1S/C12H16O3/c1-3-15-11(14)12-5-4-9(10(12)13)6-8(2)7-12/h6,9H,3-5,7H2,1-2H3/t9-,12-/m1/s1. The summed E-state index contributed by atoms with van der Waals surface area (Å²) in [5, 5.41) is 0. The zero-order valence-corrected chi connectivity index (χ0v) is 9.21. The summed E-state index contributed by atoms with van der Waals surface area (Å²) >= 11 is 0. The van der Waals surface area contributed by atoms with Crippen LogP contribution in [0.3, 0.4) is 0 Å². The van der Waals surface area contributed by atoms with E-state index in [-0.39, 0.29) is 17.7 Å². The third-order valence-electron chi connectivity index (χ3n) is 3.42. The first-order chi connectivity index (χ1) is 7.10. The van der Waals surface area contributed by atoms with E-state index in [2.05, 4.69) is 0 Å². The van der Waals surface area contributed by atoms with Crippen molar-refractivity contribution in [1.82, 2.24) is 0 Å². The predicted octanol–water partition coefficient (Wildman–Crippen LogP) is 1.86. The number of hydrogen-bond donors (Lipinski definition) is 0. The fraction of sp³-hybridized carbons (Fsp3) is 0.667. The molecule has 0 aromatic carbocycles. The first kappa shape index (κ1) is 10.4. The summed E-state index contributed by atoms with van der Waals surface area (Å²) in [4.78, 5) is 23.9. The maximum absolute atomic E-state index is 12.0. The summed E-state index contributed by atoms with van der Waals surface area (Å²) < 4.78 is 5.03. The first-order valence-electron chi connectivity index (χ1n) is 5.49. The number of ketones is 1. The number of rotatable bonds is 2. The molecule has 2 rings (SSSR count). The fourth-order valence-electron chi connectivity index (χ4n) is 2.77. The molecular formula is C12H16O3. The molecule has 3 heteroatoms. The highest BCUT2D eigenvalue weighted by molar-refractivity contribution is 6.08. The molecule has 15 heavy (non-hydrogen) atoms. The third kappa shape index (κ3) is 1.41. The molecular weight excluding hydrogens is 192 g/mol. The molecule has 2 aliphatic rings. The van der Waals surface area contributed by atoms with Crippen LogP contribution in [0.4, 0.5) is 0 Å². The average Bonchev–Trinajstić information content (AvgIpc) is 2.41. The van der Waals surface area contributed by atoms with Crippen molar-refractivity contribution in [3.63, 3.8) is 0 Å². The van der Waals surface area contributed by atoms with Gasteiger partial charge in [-0.15, -0.1) is 0 Å². The maximum atomic E-state index is 12.0. The topological polar surface area (TPSA) is 43.4 Å². The van der Waals surface area contributed by atoms with E-state index in [1.807, 2.05) is 13.0 Å². The number of fused-ring (bicyclic) bond motifs is 2. The van der Waals surface area contributed by atoms with Gasteiger partial charge in [0.1, 0.15) is 5.41 Å². The van der Waals surface area contributed by atoms with Gasteiger partial charge in [0.15, 0.2) is 5.78 Å². The Kier molecular flexibility index (Phi) is 2.41. The van der Waals surface area contributed by atoms with Crippen LogP contribution in [0, 0.1) is 11.3 Å². The zero-order chi connectivity index (χ0) is 11.1. The maximum Gasteiger partial charge on any atom is 0.319 e. The Morgan fingerprint density at radius 1 is 1.67 bits per heavy atom. The largest absolute Gasteiger partial charge is 0.465 e. The lowest BCUT2D eigenvalue weighted by Crippen LogP contribution is -2.40. The highest BCUT2D eigenvalue weighted by Crippen LogP contribution is 2.48. The highest BCUT2D eigenvalue weighted by Gasteiger charge is 2.55. The van der Waals surface area contributed by atoms with Crippen LogP contribution in [0.15, 0.2) is 11.6 Å². The Bertz CT molecular complexity index is 343. The van der Waals surface area contributed by atoms with Crippen molar-refractivity contribution in [1.29, 1.82) is 0 Å². The average molecular weight is 208 g/mol. The summed E-state index contributed by atoms with van der Waals surface area (Å²) in [6.07, 6.45) is 4.02. The van der Waals surface area contributed by atoms with Crippen LogP contribution in [-0.2, 0) is 14.3 Å². The highest BCUT2D eigenvalue weighted by atomic mass is 16.5. The van der Waals surface area contributed by atoms with Gasteiger partial charge in [-0.3, -0.25) is 9.59 Å². The normalized spacial score (nSPS) is 33.9. The van der Waals surface area contributed by atoms with Gasteiger partial charge in [0, 0.05) is 5.92 Å². The van der Waals surface area contributed by atoms with Crippen LogP contribution in [0.5, 0.6) is 0 Å².